The number of ether oxygens (including phenoxy) is 1. The lowest BCUT2D eigenvalue weighted by molar-refractivity contribution is -0.115. The molecule has 0 saturated carbocycles. The Balaban J connectivity index is 1.66. The summed E-state index contributed by atoms with van der Waals surface area (Å²) in [6.45, 7) is 5.25. The van der Waals surface area contributed by atoms with Gasteiger partial charge in [-0.15, -0.1) is 0 Å². The van der Waals surface area contributed by atoms with Crippen molar-refractivity contribution >= 4 is 17.5 Å². The van der Waals surface area contributed by atoms with Crippen molar-refractivity contribution in [1.29, 1.82) is 0 Å². The Hall–Kier alpha value is -2.74. The van der Waals surface area contributed by atoms with Gasteiger partial charge in [-0.2, -0.15) is 4.98 Å². The van der Waals surface area contributed by atoms with Gasteiger partial charge in [0.1, 0.15) is 0 Å². The molecule has 1 atom stereocenters. The highest BCUT2D eigenvalue weighted by Crippen LogP contribution is 2.16. The summed E-state index contributed by atoms with van der Waals surface area (Å²) in [5, 5.41) is 6.45. The van der Waals surface area contributed by atoms with Crippen molar-refractivity contribution in [3.8, 4) is 0 Å². The number of nitrogens with one attached hydrogen (secondary N) is 1. The molecule has 1 aromatic carbocycles. The average Bonchev–Trinajstić information content (AvgIpc) is 2.99. The Morgan fingerprint density at radius 3 is 2.96 bits per heavy atom. The van der Waals surface area contributed by atoms with Crippen LogP contribution in [0.15, 0.2) is 28.8 Å². The second kappa shape index (κ2) is 7.43. The lowest BCUT2D eigenvalue weighted by atomic mass is 10.1. The van der Waals surface area contributed by atoms with Crippen LogP contribution in [-0.2, 0) is 16.0 Å². The maximum atomic E-state index is 12.7. The highest BCUT2D eigenvalue weighted by Gasteiger charge is 2.24. The Bertz CT molecular complexity index is 774. The van der Waals surface area contributed by atoms with Crippen molar-refractivity contribution < 1.29 is 18.8 Å². The number of aryl methyl sites for hydroxylation is 1. The van der Waals surface area contributed by atoms with Crippen LogP contribution in [0.3, 0.4) is 0 Å². The third-order valence-corrected chi connectivity index (χ3v) is 3.91. The number of anilines is 1. The fourth-order valence-electron chi connectivity index (χ4n) is 2.69. The van der Waals surface area contributed by atoms with Gasteiger partial charge in [0, 0.05) is 24.7 Å². The van der Waals surface area contributed by atoms with E-state index in [-0.39, 0.29) is 24.3 Å². The lowest BCUT2D eigenvalue weighted by Gasteiger charge is -2.33. The molecule has 0 aliphatic carbocycles. The monoisotopic (exact) mass is 344 g/mol. The van der Waals surface area contributed by atoms with Crippen molar-refractivity contribution in [3.05, 3.63) is 41.5 Å². The van der Waals surface area contributed by atoms with Crippen molar-refractivity contribution in [1.82, 2.24) is 15.0 Å². The lowest BCUT2D eigenvalue weighted by Crippen LogP contribution is -2.47. The number of morpholine rings is 1. The van der Waals surface area contributed by atoms with E-state index in [1.54, 1.807) is 36.1 Å². The van der Waals surface area contributed by atoms with Crippen molar-refractivity contribution in [2.75, 3.05) is 25.1 Å². The molecule has 1 aliphatic rings. The molecule has 132 valence electrons. The van der Waals surface area contributed by atoms with Crippen LogP contribution >= 0.6 is 0 Å². The molecule has 2 heterocycles. The molecule has 8 heteroatoms. The molecule has 1 fully saturated rings. The highest BCUT2D eigenvalue weighted by molar-refractivity contribution is 5.97. The summed E-state index contributed by atoms with van der Waals surface area (Å²) >= 11 is 0. The number of rotatable bonds is 4. The normalized spacial score (nSPS) is 17.4. The second-order valence-corrected chi connectivity index (χ2v) is 5.96. The molecule has 2 aromatic rings. The van der Waals surface area contributed by atoms with Crippen LogP contribution in [-0.4, -0.2) is 52.7 Å². The van der Waals surface area contributed by atoms with E-state index in [1.165, 1.54) is 0 Å². The molecule has 1 aliphatic heterocycles. The number of carbonyl (C=O) groups excluding carboxylic acids is 2. The topological polar surface area (TPSA) is 97.6 Å². The summed E-state index contributed by atoms with van der Waals surface area (Å²) in [6.07, 6.45) is 0.00993. The molecule has 1 N–H and O–H groups in total. The largest absolute Gasteiger partial charge is 0.377 e. The first kappa shape index (κ1) is 17.1. The first-order valence-electron chi connectivity index (χ1n) is 8.11. The quantitative estimate of drug-likeness (QED) is 0.901. The summed E-state index contributed by atoms with van der Waals surface area (Å²) < 4.78 is 10.2. The molecule has 25 heavy (non-hydrogen) atoms. The highest BCUT2D eigenvalue weighted by atomic mass is 16.5. The summed E-state index contributed by atoms with van der Waals surface area (Å²) in [5.41, 5.74) is 1.08. The minimum Gasteiger partial charge on any atom is -0.377 e. The zero-order valence-corrected chi connectivity index (χ0v) is 14.2. The Labute approximate surface area is 145 Å². The molecule has 3 rings (SSSR count). The van der Waals surface area contributed by atoms with Crippen LogP contribution in [0.4, 0.5) is 5.69 Å². The van der Waals surface area contributed by atoms with E-state index in [9.17, 15) is 9.59 Å². The molecular weight excluding hydrogens is 324 g/mol. The predicted molar refractivity (Wildman–Crippen MR) is 89.1 cm³/mol. The van der Waals surface area contributed by atoms with Gasteiger partial charge in [0.05, 0.1) is 25.7 Å². The van der Waals surface area contributed by atoms with Crippen molar-refractivity contribution in [2.24, 2.45) is 0 Å². The Kier molecular flexibility index (Phi) is 5.08. The maximum absolute atomic E-state index is 12.7. The molecule has 1 saturated heterocycles. The van der Waals surface area contributed by atoms with Crippen LogP contribution in [0.1, 0.15) is 29.0 Å². The number of nitrogens with zero attached hydrogens (tertiary/aromatic N) is 3. The summed E-state index contributed by atoms with van der Waals surface area (Å²) in [7, 11) is 0. The molecule has 0 spiro atoms. The average molecular weight is 344 g/mol. The van der Waals surface area contributed by atoms with Gasteiger partial charge in [0.15, 0.2) is 5.82 Å². The van der Waals surface area contributed by atoms with E-state index < -0.39 is 0 Å². The third-order valence-electron chi connectivity index (χ3n) is 3.91. The summed E-state index contributed by atoms with van der Waals surface area (Å²) in [4.78, 5) is 30.5. The first-order chi connectivity index (χ1) is 12.0. The van der Waals surface area contributed by atoms with Crippen LogP contribution < -0.4 is 5.32 Å². The van der Waals surface area contributed by atoms with Gasteiger partial charge in [-0.25, -0.2) is 0 Å². The SMILES string of the molecule is Cc1nc(CC(=O)Nc2cccc(C(=O)N3CCOCC3C)c2)no1. The zero-order valence-electron chi connectivity index (χ0n) is 14.2. The molecule has 1 aromatic heterocycles. The second-order valence-electron chi connectivity index (χ2n) is 5.96. The van der Waals surface area contributed by atoms with Crippen molar-refractivity contribution in [3.63, 3.8) is 0 Å². The Morgan fingerprint density at radius 2 is 2.24 bits per heavy atom. The number of aromatic nitrogens is 2. The fourth-order valence-corrected chi connectivity index (χ4v) is 2.69. The van der Waals surface area contributed by atoms with E-state index in [2.05, 4.69) is 15.5 Å². The van der Waals surface area contributed by atoms with Crippen molar-refractivity contribution in [2.45, 2.75) is 26.3 Å². The number of hydrogen-bond acceptors (Lipinski definition) is 6. The minimum absolute atomic E-state index is 0.00993. The van der Waals surface area contributed by atoms with Gasteiger partial charge in [-0.3, -0.25) is 9.59 Å². The zero-order chi connectivity index (χ0) is 17.8. The van der Waals surface area contributed by atoms with E-state index in [0.717, 1.165) is 0 Å². The number of hydrogen-bond donors (Lipinski definition) is 1. The molecular formula is C17H20N4O4. The first-order valence-corrected chi connectivity index (χ1v) is 8.11. The van der Waals surface area contributed by atoms with Gasteiger partial charge in [-0.1, -0.05) is 11.2 Å². The maximum Gasteiger partial charge on any atom is 0.254 e. The smallest absolute Gasteiger partial charge is 0.254 e. The van der Waals surface area contributed by atoms with Crippen LogP contribution in [0.2, 0.25) is 0 Å². The van der Waals surface area contributed by atoms with Gasteiger partial charge in [-0.05, 0) is 25.1 Å². The number of amides is 2. The summed E-state index contributed by atoms with van der Waals surface area (Å²) in [6, 6.07) is 6.92. The van der Waals surface area contributed by atoms with Gasteiger partial charge in [0.25, 0.3) is 5.91 Å². The van der Waals surface area contributed by atoms with E-state index >= 15 is 0 Å². The van der Waals surface area contributed by atoms with E-state index in [1.807, 2.05) is 6.92 Å². The van der Waals surface area contributed by atoms with E-state index in [0.29, 0.717) is 42.7 Å². The van der Waals surface area contributed by atoms with Crippen LogP contribution in [0, 0.1) is 6.92 Å². The minimum atomic E-state index is -0.273. The van der Waals surface area contributed by atoms with Gasteiger partial charge < -0.3 is 19.5 Å². The van der Waals surface area contributed by atoms with Crippen LogP contribution in [0.25, 0.3) is 0 Å². The fraction of sp³-hybridized carbons (Fsp3) is 0.412. The van der Waals surface area contributed by atoms with E-state index in [4.69, 9.17) is 9.26 Å². The third kappa shape index (κ3) is 4.21. The predicted octanol–water partition coefficient (Wildman–Crippen LogP) is 1.42. The summed E-state index contributed by atoms with van der Waals surface area (Å²) in [5.74, 6) is 0.394. The standard InChI is InChI=1S/C17H20N4O4/c1-11-10-24-7-6-21(11)17(23)13-4-3-5-14(8-13)19-16(22)9-15-18-12(2)25-20-15/h3-5,8,11H,6-7,9-10H2,1-2H3,(H,19,22). The molecule has 8 nitrogen and oxygen atoms in total. The number of carbonyl (C=O) groups is 2. The molecule has 0 bridgehead atoms. The molecule has 2 amide bonds. The van der Waals surface area contributed by atoms with Gasteiger partial charge in [0.2, 0.25) is 11.8 Å². The Morgan fingerprint density at radius 1 is 1.40 bits per heavy atom. The molecule has 0 radical (unpaired) electrons. The van der Waals surface area contributed by atoms with Crippen LogP contribution in [0.5, 0.6) is 0 Å². The van der Waals surface area contributed by atoms with Gasteiger partial charge >= 0.3 is 0 Å². The number of benzene rings is 1. The molecule has 1 unspecified atom stereocenters.